The molecule has 1 heteroatoms. The van der Waals surface area contributed by atoms with E-state index < -0.39 is 0 Å². The van der Waals surface area contributed by atoms with Crippen molar-refractivity contribution in [3.63, 3.8) is 0 Å². The third-order valence-corrected chi connectivity index (χ3v) is 3.94. The second-order valence-corrected chi connectivity index (χ2v) is 5.91. The normalized spacial score (nSPS) is 11.1. The van der Waals surface area contributed by atoms with Gasteiger partial charge in [0.25, 0.3) is 0 Å². The van der Waals surface area contributed by atoms with Gasteiger partial charge in [0.1, 0.15) is 0 Å². The maximum Gasteiger partial charge on any atom is 0.00404 e. The van der Waals surface area contributed by atoms with Crippen molar-refractivity contribution in [2.24, 2.45) is 0 Å². The Morgan fingerprint density at radius 3 is 2.00 bits per heavy atom. The molecule has 0 aromatic heterocycles. The first-order chi connectivity index (χ1) is 10.3. The minimum atomic E-state index is 1.00. The van der Waals surface area contributed by atoms with Crippen LogP contribution in [0.15, 0.2) is 65.6 Å². The molecule has 0 heterocycles. The summed E-state index contributed by atoms with van der Waals surface area (Å²) in [5, 5.41) is 0. The predicted molar refractivity (Wildman–Crippen MR) is 96.1 cm³/mol. The first-order valence-electron chi connectivity index (χ1n) is 7.83. The van der Waals surface area contributed by atoms with E-state index in [0.29, 0.717) is 0 Å². The van der Waals surface area contributed by atoms with Crippen molar-refractivity contribution in [1.29, 1.82) is 0 Å². The smallest absolute Gasteiger partial charge is 0.00404 e. The number of benzene rings is 2. The molecule has 2 aromatic rings. The molecular weight excluding hydrogens is 272 g/mol. The molecule has 2 aromatic carbocycles. The van der Waals surface area contributed by atoms with E-state index in [9.17, 15) is 0 Å². The minimum absolute atomic E-state index is 1.00. The molecule has 0 atom stereocenters. The van der Waals surface area contributed by atoms with Crippen LogP contribution >= 0.6 is 12.6 Å². The minimum Gasteiger partial charge on any atom is -0.143 e. The van der Waals surface area contributed by atoms with E-state index in [1.54, 1.807) is 0 Å². The van der Waals surface area contributed by atoms with Crippen LogP contribution in [0.1, 0.15) is 38.2 Å². The largest absolute Gasteiger partial charge is 0.143 e. The number of hydrogen-bond donors (Lipinski definition) is 1. The second kappa shape index (κ2) is 8.74. The van der Waals surface area contributed by atoms with Crippen LogP contribution in [0.5, 0.6) is 0 Å². The van der Waals surface area contributed by atoms with E-state index in [1.807, 2.05) is 12.1 Å². The zero-order chi connectivity index (χ0) is 14.9. The Bertz CT molecular complexity index is 549. The van der Waals surface area contributed by atoms with Gasteiger partial charge in [-0.2, -0.15) is 0 Å². The number of rotatable bonds is 7. The van der Waals surface area contributed by atoms with Crippen LogP contribution in [-0.4, -0.2) is 0 Å². The molecule has 0 unspecified atom stereocenters. The Morgan fingerprint density at radius 1 is 0.810 bits per heavy atom. The van der Waals surface area contributed by atoms with E-state index in [0.717, 1.165) is 17.7 Å². The van der Waals surface area contributed by atoms with Crippen LogP contribution in [-0.2, 0) is 6.42 Å². The fraction of sp³-hybridized carbons (Fsp3) is 0.300. The monoisotopic (exact) mass is 296 g/mol. The molecule has 2 rings (SSSR count). The Labute approximate surface area is 134 Å². The van der Waals surface area contributed by atoms with Gasteiger partial charge in [0.15, 0.2) is 0 Å². The van der Waals surface area contributed by atoms with E-state index in [-0.39, 0.29) is 0 Å². The second-order valence-electron chi connectivity index (χ2n) is 5.40. The standard InChI is InChI=1S/C20H24S/c1-2-3-4-5-6-7-8-17-9-11-18(12-10-17)19-13-15-20(21)16-14-19/h5-6,9-16,21H,2-4,7-8H2,1H3/b6-5+. The van der Waals surface area contributed by atoms with E-state index in [2.05, 4.69) is 68.1 Å². The van der Waals surface area contributed by atoms with Crippen molar-refractivity contribution >= 4 is 12.6 Å². The van der Waals surface area contributed by atoms with Crippen molar-refractivity contribution in [3.8, 4) is 11.1 Å². The summed E-state index contributed by atoms with van der Waals surface area (Å²) in [5.74, 6) is 0. The van der Waals surface area contributed by atoms with Crippen LogP contribution in [0, 0.1) is 0 Å². The average molecular weight is 296 g/mol. The highest BCUT2D eigenvalue weighted by atomic mass is 32.1. The summed E-state index contributed by atoms with van der Waals surface area (Å²) in [6.45, 7) is 2.24. The fourth-order valence-electron chi connectivity index (χ4n) is 2.33. The summed E-state index contributed by atoms with van der Waals surface area (Å²) < 4.78 is 0. The summed E-state index contributed by atoms with van der Waals surface area (Å²) in [4.78, 5) is 1.00. The molecule has 110 valence electrons. The number of allylic oxidation sites excluding steroid dienone is 2. The van der Waals surface area contributed by atoms with Crippen molar-refractivity contribution in [2.75, 3.05) is 0 Å². The van der Waals surface area contributed by atoms with Crippen molar-refractivity contribution in [2.45, 2.75) is 43.9 Å². The third-order valence-electron chi connectivity index (χ3n) is 3.65. The van der Waals surface area contributed by atoms with Crippen LogP contribution in [0.4, 0.5) is 0 Å². The number of thiol groups is 1. The van der Waals surface area contributed by atoms with Gasteiger partial charge in [-0.05, 0) is 48.1 Å². The van der Waals surface area contributed by atoms with Crippen LogP contribution < -0.4 is 0 Å². The molecule has 0 aliphatic carbocycles. The molecule has 21 heavy (non-hydrogen) atoms. The summed E-state index contributed by atoms with van der Waals surface area (Å²) >= 11 is 4.32. The Kier molecular flexibility index (Phi) is 6.62. The lowest BCUT2D eigenvalue weighted by Gasteiger charge is -2.04. The molecule has 0 amide bonds. The third kappa shape index (κ3) is 5.43. The molecule has 0 nitrogen and oxygen atoms in total. The van der Waals surface area contributed by atoms with Gasteiger partial charge in [-0.25, -0.2) is 0 Å². The molecule has 0 spiro atoms. The fourth-order valence-corrected chi connectivity index (χ4v) is 2.47. The summed E-state index contributed by atoms with van der Waals surface area (Å²) in [6, 6.07) is 17.2. The summed E-state index contributed by atoms with van der Waals surface area (Å²) in [7, 11) is 0. The predicted octanol–water partition coefficient (Wildman–Crippen LogP) is 6.32. The highest BCUT2D eigenvalue weighted by Gasteiger charge is 1.98. The van der Waals surface area contributed by atoms with Gasteiger partial charge in [-0.3, -0.25) is 0 Å². The summed E-state index contributed by atoms with van der Waals surface area (Å²) in [5.41, 5.74) is 3.93. The molecule has 0 saturated heterocycles. The number of hydrogen-bond acceptors (Lipinski definition) is 1. The topological polar surface area (TPSA) is 0 Å². The first kappa shape index (κ1) is 15.9. The molecule has 0 radical (unpaired) electrons. The zero-order valence-electron chi connectivity index (χ0n) is 12.8. The molecule has 0 fully saturated rings. The van der Waals surface area contributed by atoms with Gasteiger partial charge in [-0.15, -0.1) is 12.6 Å². The highest BCUT2D eigenvalue weighted by molar-refractivity contribution is 7.80. The van der Waals surface area contributed by atoms with Crippen molar-refractivity contribution in [3.05, 3.63) is 66.2 Å². The lowest BCUT2D eigenvalue weighted by atomic mass is 10.0. The molecular formula is C20H24S. The van der Waals surface area contributed by atoms with Crippen LogP contribution in [0.25, 0.3) is 11.1 Å². The highest BCUT2D eigenvalue weighted by Crippen LogP contribution is 2.21. The molecule has 0 bridgehead atoms. The zero-order valence-corrected chi connectivity index (χ0v) is 13.7. The molecule has 0 aliphatic rings. The molecule has 0 saturated carbocycles. The van der Waals surface area contributed by atoms with Crippen molar-refractivity contribution < 1.29 is 0 Å². The van der Waals surface area contributed by atoms with Gasteiger partial charge < -0.3 is 0 Å². The number of unbranched alkanes of at least 4 members (excludes halogenated alkanes) is 2. The molecule has 0 N–H and O–H groups in total. The quantitative estimate of drug-likeness (QED) is 0.345. The van der Waals surface area contributed by atoms with Gasteiger partial charge in [0, 0.05) is 4.90 Å². The maximum atomic E-state index is 4.32. The van der Waals surface area contributed by atoms with Gasteiger partial charge in [-0.1, -0.05) is 68.3 Å². The van der Waals surface area contributed by atoms with E-state index in [1.165, 1.54) is 36.0 Å². The average Bonchev–Trinajstić information content (AvgIpc) is 2.52. The van der Waals surface area contributed by atoms with E-state index in [4.69, 9.17) is 0 Å². The maximum absolute atomic E-state index is 4.32. The van der Waals surface area contributed by atoms with Gasteiger partial charge in [0.05, 0.1) is 0 Å². The summed E-state index contributed by atoms with van der Waals surface area (Å²) in [6.07, 6.45) is 10.7. The van der Waals surface area contributed by atoms with E-state index >= 15 is 0 Å². The number of aryl methyl sites for hydroxylation is 1. The van der Waals surface area contributed by atoms with Crippen molar-refractivity contribution in [1.82, 2.24) is 0 Å². The SMILES string of the molecule is CCCC/C=C/CCc1ccc(-c2ccc(S)cc2)cc1. The Hall–Kier alpha value is -1.47. The Balaban J connectivity index is 1.87. The van der Waals surface area contributed by atoms with Crippen LogP contribution in [0.2, 0.25) is 0 Å². The Morgan fingerprint density at radius 2 is 1.38 bits per heavy atom. The lowest BCUT2D eigenvalue weighted by molar-refractivity contribution is 0.811. The van der Waals surface area contributed by atoms with Gasteiger partial charge >= 0.3 is 0 Å². The lowest BCUT2D eigenvalue weighted by Crippen LogP contribution is -1.84. The van der Waals surface area contributed by atoms with Crippen LogP contribution in [0.3, 0.4) is 0 Å². The molecule has 0 aliphatic heterocycles. The van der Waals surface area contributed by atoms with Gasteiger partial charge in [0.2, 0.25) is 0 Å². The first-order valence-corrected chi connectivity index (χ1v) is 8.27.